The molecule has 2 fully saturated rings. The number of amides is 1. The maximum Gasteiger partial charge on any atom is 0.256 e. The Morgan fingerprint density at radius 2 is 2.03 bits per heavy atom. The highest BCUT2D eigenvalue weighted by molar-refractivity contribution is 5.99. The number of aliphatic hydroxyl groups is 1. The van der Waals surface area contributed by atoms with Crippen molar-refractivity contribution in [3.63, 3.8) is 0 Å². The zero-order valence-electron chi connectivity index (χ0n) is 17.0. The fourth-order valence-corrected chi connectivity index (χ4v) is 3.76. The molecule has 0 unspecified atom stereocenters. The Kier molecular flexibility index (Phi) is 5.52. The summed E-state index contributed by atoms with van der Waals surface area (Å²) in [5.74, 6) is 0.378. The zero-order chi connectivity index (χ0) is 20.4. The number of carbonyl (C=O) groups excluding carboxylic acids is 1. The molecule has 0 bridgehead atoms. The van der Waals surface area contributed by atoms with Crippen LogP contribution in [-0.4, -0.2) is 45.8 Å². The molecule has 2 heterocycles. The van der Waals surface area contributed by atoms with E-state index in [1.807, 2.05) is 32.0 Å². The van der Waals surface area contributed by atoms with E-state index in [9.17, 15) is 9.90 Å². The summed E-state index contributed by atoms with van der Waals surface area (Å²) in [6.45, 7) is 5.49. The van der Waals surface area contributed by atoms with Gasteiger partial charge < -0.3 is 20.5 Å². The molecule has 154 valence electrons. The van der Waals surface area contributed by atoms with Crippen LogP contribution in [0.25, 0.3) is 11.1 Å². The number of hydrogen-bond donors (Lipinski definition) is 3. The Bertz CT molecular complexity index is 885. The molecule has 0 spiro atoms. The zero-order valence-corrected chi connectivity index (χ0v) is 17.0. The predicted molar refractivity (Wildman–Crippen MR) is 111 cm³/mol. The number of hydrogen-bond acceptors (Lipinski definition) is 6. The number of piperidine rings is 1. The molecule has 1 aromatic heterocycles. The van der Waals surface area contributed by atoms with E-state index < -0.39 is 5.60 Å². The van der Waals surface area contributed by atoms with Crippen molar-refractivity contribution in [1.82, 2.24) is 15.3 Å². The molecule has 0 radical (unpaired) electrons. The summed E-state index contributed by atoms with van der Waals surface area (Å²) in [6.07, 6.45) is 6.09. The Morgan fingerprint density at radius 1 is 1.28 bits per heavy atom. The van der Waals surface area contributed by atoms with Crippen molar-refractivity contribution in [2.24, 2.45) is 0 Å². The van der Waals surface area contributed by atoms with Crippen LogP contribution in [0.3, 0.4) is 0 Å². The first-order valence-electron chi connectivity index (χ1n) is 10.3. The second-order valence-corrected chi connectivity index (χ2v) is 8.07. The van der Waals surface area contributed by atoms with Crippen molar-refractivity contribution in [2.45, 2.75) is 57.6 Å². The van der Waals surface area contributed by atoms with Crippen LogP contribution in [-0.2, 0) is 4.79 Å². The molecule has 1 aliphatic carbocycles. The van der Waals surface area contributed by atoms with Gasteiger partial charge in [-0.05, 0) is 64.3 Å². The second kappa shape index (κ2) is 8.08. The highest BCUT2D eigenvalue weighted by Gasteiger charge is 2.48. The number of nitrogens with one attached hydrogen (secondary N) is 2. The lowest BCUT2D eigenvalue weighted by atomic mass is 10.0. The number of carbonyl (C=O) groups is 1. The SMILES string of the molecule is Cc1ncnc(C)c1-c1cc(NC(=O)C2(O)CC2)ccc1OC[C@H]1CCCCN1. The minimum atomic E-state index is -1.22. The van der Waals surface area contributed by atoms with Crippen LogP contribution in [0.4, 0.5) is 5.69 Å². The minimum Gasteiger partial charge on any atom is -0.491 e. The van der Waals surface area contributed by atoms with Gasteiger partial charge in [-0.3, -0.25) is 4.79 Å². The lowest BCUT2D eigenvalue weighted by Gasteiger charge is -2.24. The molecule has 1 amide bonds. The van der Waals surface area contributed by atoms with Crippen LogP contribution in [0.2, 0.25) is 0 Å². The number of rotatable bonds is 6. The van der Waals surface area contributed by atoms with Gasteiger partial charge in [0.1, 0.15) is 24.3 Å². The van der Waals surface area contributed by atoms with Crippen molar-refractivity contribution in [3.05, 3.63) is 35.9 Å². The van der Waals surface area contributed by atoms with Gasteiger partial charge in [0.05, 0.1) is 0 Å². The number of nitrogens with zero attached hydrogens (tertiary/aromatic N) is 2. The largest absolute Gasteiger partial charge is 0.491 e. The molecule has 7 heteroatoms. The van der Waals surface area contributed by atoms with Gasteiger partial charge in [0.15, 0.2) is 0 Å². The van der Waals surface area contributed by atoms with Crippen LogP contribution < -0.4 is 15.4 Å². The molecule has 29 heavy (non-hydrogen) atoms. The number of anilines is 1. The van der Waals surface area contributed by atoms with Crippen LogP contribution in [0.1, 0.15) is 43.5 Å². The Morgan fingerprint density at radius 3 is 2.69 bits per heavy atom. The molecule has 1 atom stereocenters. The highest BCUT2D eigenvalue weighted by atomic mass is 16.5. The lowest BCUT2D eigenvalue weighted by molar-refractivity contribution is -0.125. The summed E-state index contributed by atoms with van der Waals surface area (Å²) in [4.78, 5) is 21.0. The molecule has 1 saturated carbocycles. The maximum atomic E-state index is 12.3. The van der Waals surface area contributed by atoms with Gasteiger partial charge in [0, 0.05) is 34.2 Å². The molecule has 1 aromatic carbocycles. The number of ether oxygens (including phenoxy) is 1. The van der Waals surface area contributed by atoms with E-state index in [4.69, 9.17) is 4.74 Å². The molecule has 1 aliphatic heterocycles. The molecule has 1 saturated heterocycles. The van der Waals surface area contributed by atoms with Crippen molar-refractivity contribution < 1.29 is 14.6 Å². The first-order valence-corrected chi connectivity index (χ1v) is 10.3. The quantitative estimate of drug-likeness (QED) is 0.695. The van der Waals surface area contributed by atoms with Crippen LogP contribution >= 0.6 is 0 Å². The Hall–Kier alpha value is -2.51. The summed E-state index contributed by atoms with van der Waals surface area (Å²) in [6, 6.07) is 5.91. The monoisotopic (exact) mass is 396 g/mol. The fraction of sp³-hybridized carbons (Fsp3) is 0.500. The molecule has 4 rings (SSSR count). The van der Waals surface area contributed by atoms with Crippen molar-refractivity contribution in [1.29, 1.82) is 0 Å². The van der Waals surface area contributed by atoms with Gasteiger partial charge in [-0.25, -0.2) is 9.97 Å². The predicted octanol–water partition coefficient (Wildman–Crippen LogP) is 2.74. The Balaban J connectivity index is 1.63. The van der Waals surface area contributed by atoms with Gasteiger partial charge in [-0.2, -0.15) is 0 Å². The normalized spacial score (nSPS) is 20.2. The molecular weight excluding hydrogens is 368 g/mol. The number of aryl methyl sites for hydroxylation is 2. The average Bonchev–Trinajstić information content (AvgIpc) is 3.47. The topological polar surface area (TPSA) is 96.4 Å². The number of aromatic nitrogens is 2. The second-order valence-electron chi connectivity index (χ2n) is 8.07. The summed E-state index contributed by atoms with van der Waals surface area (Å²) >= 11 is 0. The first-order chi connectivity index (χ1) is 14.0. The fourth-order valence-electron chi connectivity index (χ4n) is 3.76. The van der Waals surface area contributed by atoms with Gasteiger partial charge in [0.25, 0.3) is 5.91 Å². The molecule has 2 aromatic rings. The third kappa shape index (κ3) is 4.41. The highest BCUT2D eigenvalue weighted by Crippen LogP contribution is 2.38. The van der Waals surface area contributed by atoms with Gasteiger partial charge in [-0.15, -0.1) is 0 Å². The first kappa shape index (κ1) is 19.8. The van der Waals surface area contributed by atoms with Crippen molar-refractivity contribution >= 4 is 11.6 Å². The van der Waals surface area contributed by atoms with E-state index in [0.717, 1.165) is 41.2 Å². The average molecular weight is 396 g/mol. The summed E-state index contributed by atoms with van der Waals surface area (Å²) in [7, 11) is 0. The molecule has 7 nitrogen and oxygen atoms in total. The van der Waals surface area contributed by atoms with Crippen molar-refractivity contribution in [3.8, 4) is 16.9 Å². The van der Waals surface area contributed by atoms with E-state index in [-0.39, 0.29) is 5.91 Å². The van der Waals surface area contributed by atoms with Crippen LogP contribution in [0, 0.1) is 13.8 Å². The van der Waals surface area contributed by atoms with E-state index >= 15 is 0 Å². The third-order valence-corrected chi connectivity index (χ3v) is 5.73. The van der Waals surface area contributed by atoms with Crippen LogP contribution in [0.5, 0.6) is 5.75 Å². The van der Waals surface area contributed by atoms with Gasteiger partial charge >= 0.3 is 0 Å². The standard InChI is InChI=1S/C22H28N4O3/c1-14-20(15(2)25-13-24-14)18-11-16(26-21(27)22(28)8-9-22)6-7-19(18)29-12-17-5-3-4-10-23-17/h6-7,11,13,17,23,28H,3-5,8-10,12H2,1-2H3,(H,26,27)/t17-/m1/s1. The van der Waals surface area contributed by atoms with E-state index in [1.54, 1.807) is 6.33 Å². The van der Waals surface area contributed by atoms with Gasteiger partial charge in [0.2, 0.25) is 0 Å². The maximum absolute atomic E-state index is 12.3. The molecule has 2 aliphatic rings. The Labute approximate surface area is 170 Å². The molecular formula is C22H28N4O3. The summed E-state index contributed by atoms with van der Waals surface area (Å²) < 4.78 is 6.20. The van der Waals surface area contributed by atoms with E-state index in [1.165, 1.54) is 12.8 Å². The van der Waals surface area contributed by atoms with Gasteiger partial charge in [-0.1, -0.05) is 6.42 Å². The van der Waals surface area contributed by atoms with Crippen molar-refractivity contribution in [2.75, 3.05) is 18.5 Å². The smallest absolute Gasteiger partial charge is 0.256 e. The lowest BCUT2D eigenvalue weighted by Crippen LogP contribution is -2.38. The molecule has 3 N–H and O–H groups in total. The van der Waals surface area contributed by atoms with Crippen LogP contribution in [0.15, 0.2) is 24.5 Å². The summed E-state index contributed by atoms with van der Waals surface area (Å²) in [5.41, 5.74) is 2.85. The number of benzene rings is 1. The summed E-state index contributed by atoms with van der Waals surface area (Å²) in [5, 5.41) is 16.4. The van der Waals surface area contributed by atoms with E-state index in [2.05, 4.69) is 20.6 Å². The minimum absolute atomic E-state index is 0.342. The third-order valence-electron chi connectivity index (χ3n) is 5.73. The van der Waals surface area contributed by atoms with E-state index in [0.29, 0.717) is 31.2 Å².